The van der Waals surface area contributed by atoms with Crippen molar-refractivity contribution in [2.45, 2.75) is 13.8 Å². The summed E-state index contributed by atoms with van der Waals surface area (Å²) in [5, 5.41) is 0. The third-order valence-electron chi connectivity index (χ3n) is 3.34. The van der Waals surface area contributed by atoms with Crippen molar-refractivity contribution in [2.24, 2.45) is 0 Å². The quantitative estimate of drug-likeness (QED) is 0.653. The minimum atomic E-state index is -0.0226. The zero-order valence-electron chi connectivity index (χ0n) is 13.6. The van der Waals surface area contributed by atoms with E-state index in [0.717, 1.165) is 16.7 Å². The molecule has 0 aliphatic rings. The molecule has 0 aromatic heterocycles. The number of hydrogen-bond acceptors (Lipinski definition) is 4. The lowest BCUT2D eigenvalue weighted by atomic mass is 9.96. The number of anilines is 1. The Kier molecular flexibility index (Phi) is 5.41. The van der Waals surface area contributed by atoms with E-state index in [1.807, 2.05) is 49.4 Å². The molecule has 2 aromatic rings. The highest BCUT2D eigenvalue weighted by molar-refractivity contribution is 5.99. The molecule has 4 nitrogen and oxygen atoms in total. The summed E-state index contributed by atoms with van der Waals surface area (Å²) in [6.45, 7) is 3.98. The molecule has 0 unspecified atom stereocenters. The summed E-state index contributed by atoms with van der Waals surface area (Å²) < 4.78 is 10.9. The van der Waals surface area contributed by atoms with E-state index in [2.05, 4.69) is 0 Å². The van der Waals surface area contributed by atoms with E-state index in [4.69, 9.17) is 15.2 Å². The molecule has 0 saturated heterocycles. The fourth-order valence-electron chi connectivity index (χ4n) is 2.31. The van der Waals surface area contributed by atoms with Gasteiger partial charge in [0.05, 0.1) is 13.7 Å². The molecule has 2 rings (SSSR count). The summed E-state index contributed by atoms with van der Waals surface area (Å²) >= 11 is 0. The molecule has 0 saturated carbocycles. The van der Waals surface area contributed by atoms with Gasteiger partial charge in [-0.1, -0.05) is 18.2 Å². The summed E-state index contributed by atoms with van der Waals surface area (Å²) in [5.41, 5.74) is 9.05. The van der Waals surface area contributed by atoms with Gasteiger partial charge in [0.15, 0.2) is 17.3 Å². The van der Waals surface area contributed by atoms with Crippen LogP contribution in [0.15, 0.2) is 48.5 Å². The van der Waals surface area contributed by atoms with Crippen LogP contribution < -0.4 is 15.2 Å². The second-order valence-corrected chi connectivity index (χ2v) is 5.09. The van der Waals surface area contributed by atoms with Crippen LogP contribution in [0, 0.1) is 0 Å². The first-order valence-corrected chi connectivity index (χ1v) is 7.44. The van der Waals surface area contributed by atoms with Crippen molar-refractivity contribution in [1.29, 1.82) is 0 Å². The monoisotopic (exact) mass is 311 g/mol. The molecule has 0 radical (unpaired) electrons. The maximum Gasteiger partial charge on any atom is 0.161 e. The molecule has 0 aliphatic heterocycles. The number of benzene rings is 2. The number of nitrogens with two attached hydrogens (primary N) is 1. The fraction of sp³-hybridized carbons (Fsp3) is 0.211. The Morgan fingerprint density at radius 2 is 1.74 bits per heavy atom. The van der Waals surface area contributed by atoms with Crippen molar-refractivity contribution in [1.82, 2.24) is 0 Å². The van der Waals surface area contributed by atoms with E-state index in [1.165, 1.54) is 6.92 Å². The molecular weight excluding hydrogens is 290 g/mol. The Bertz CT molecular complexity index is 718. The highest BCUT2D eigenvalue weighted by Crippen LogP contribution is 2.33. The van der Waals surface area contributed by atoms with E-state index < -0.39 is 0 Å². The Hall–Kier alpha value is -2.75. The number of nitrogen functional groups attached to an aromatic ring is 1. The van der Waals surface area contributed by atoms with Gasteiger partial charge >= 0.3 is 0 Å². The van der Waals surface area contributed by atoms with Gasteiger partial charge in [-0.3, -0.25) is 4.79 Å². The average Bonchev–Trinajstić information content (AvgIpc) is 2.54. The third kappa shape index (κ3) is 4.13. The Morgan fingerprint density at radius 3 is 2.30 bits per heavy atom. The van der Waals surface area contributed by atoms with Crippen LogP contribution in [0.5, 0.6) is 11.5 Å². The van der Waals surface area contributed by atoms with E-state index in [0.29, 0.717) is 23.8 Å². The van der Waals surface area contributed by atoms with Gasteiger partial charge in [-0.05, 0) is 60.9 Å². The van der Waals surface area contributed by atoms with Gasteiger partial charge in [0.25, 0.3) is 0 Å². The number of allylic oxidation sites excluding steroid dienone is 1. The predicted molar refractivity (Wildman–Crippen MR) is 92.8 cm³/mol. The number of carbonyl (C=O) groups is 1. The topological polar surface area (TPSA) is 61.5 Å². The molecule has 120 valence electrons. The van der Waals surface area contributed by atoms with Gasteiger partial charge in [-0.2, -0.15) is 0 Å². The van der Waals surface area contributed by atoms with Crippen LogP contribution >= 0.6 is 0 Å². The second-order valence-electron chi connectivity index (χ2n) is 5.09. The van der Waals surface area contributed by atoms with Crippen molar-refractivity contribution >= 4 is 17.0 Å². The zero-order valence-corrected chi connectivity index (χ0v) is 13.6. The molecule has 0 amide bonds. The normalized spacial score (nSPS) is 11.2. The first-order valence-electron chi connectivity index (χ1n) is 7.44. The first-order chi connectivity index (χ1) is 11.0. The van der Waals surface area contributed by atoms with Crippen LogP contribution in [-0.2, 0) is 4.79 Å². The highest BCUT2D eigenvalue weighted by atomic mass is 16.5. The first kappa shape index (κ1) is 16.6. The molecule has 23 heavy (non-hydrogen) atoms. The Balaban J connectivity index is 2.54. The smallest absolute Gasteiger partial charge is 0.161 e. The number of ether oxygens (including phenoxy) is 2. The van der Waals surface area contributed by atoms with Crippen molar-refractivity contribution in [3.63, 3.8) is 0 Å². The van der Waals surface area contributed by atoms with Crippen LogP contribution in [0.2, 0.25) is 0 Å². The summed E-state index contributed by atoms with van der Waals surface area (Å²) in [4.78, 5) is 11.6. The van der Waals surface area contributed by atoms with E-state index in [1.54, 1.807) is 13.2 Å². The van der Waals surface area contributed by atoms with Crippen molar-refractivity contribution < 1.29 is 14.3 Å². The van der Waals surface area contributed by atoms with Crippen LogP contribution in [0.25, 0.3) is 5.57 Å². The Morgan fingerprint density at radius 1 is 1.09 bits per heavy atom. The van der Waals surface area contributed by atoms with Gasteiger partial charge in [-0.15, -0.1) is 0 Å². The lowest BCUT2D eigenvalue weighted by Crippen LogP contribution is -1.98. The molecule has 0 spiro atoms. The lowest BCUT2D eigenvalue weighted by molar-refractivity contribution is -0.112. The fourth-order valence-corrected chi connectivity index (χ4v) is 2.31. The SMILES string of the molecule is CCOc1cc(C(=CC(C)=O)c2ccc(N)cc2)ccc1OC. The third-order valence-corrected chi connectivity index (χ3v) is 3.34. The maximum atomic E-state index is 11.6. The molecule has 0 bridgehead atoms. The molecular formula is C19H21NO3. The second kappa shape index (κ2) is 7.49. The molecule has 4 heteroatoms. The minimum Gasteiger partial charge on any atom is -0.493 e. The van der Waals surface area contributed by atoms with E-state index in [9.17, 15) is 4.79 Å². The zero-order chi connectivity index (χ0) is 16.8. The van der Waals surface area contributed by atoms with Gasteiger partial charge in [0.1, 0.15) is 0 Å². The van der Waals surface area contributed by atoms with Crippen LogP contribution in [0.3, 0.4) is 0 Å². The average molecular weight is 311 g/mol. The number of rotatable bonds is 6. The summed E-state index contributed by atoms with van der Waals surface area (Å²) in [6, 6.07) is 13.1. The molecule has 0 aliphatic carbocycles. The van der Waals surface area contributed by atoms with Gasteiger partial charge in [-0.25, -0.2) is 0 Å². The number of hydrogen-bond donors (Lipinski definition) is 1. The van der Waals surface area contributed by atoms with Crippen LogP contribution in [-0.4, -0.2) is 19.5 Å². The summed E-state index contributed by atoms with van der Waals surface area (Å²) in [6.07, 6.45) is 1.61. The standard InChI is InChI=1S/C19H21NO3/c1-4-23-19-12-15(7-10-18(19)22-3)17(11-13(2)21)14-5-8-16(20)9-6-14/h5-12H,4,20H2,1-3H3. The van der Waals surface area contributed by atoms with E-state index in [-0.39, 0.29) is 5.78 Å². The molecule has 0 atom stereocenters. The van der Waals surface area contributed by atoms with Crippen molar-refractivity contribution in [3.05, 3.63) is 59.7 Å². The largest absolute Gasteiger partial charge is 0.493 e. The van der Waals surface area contributed by atoms with Crippen LogP contribution in [0.4, 0.5) is 5.69 Å². The lowest BCUT2D eigenvalue weighted by Gasteiger charge is -2.13. The van der Waals surface area contributed by atoms with E-state index >= 15 is 0 Å². The Labute approximate surface area is 136 Å². The molecule has 0 heterocycles. The van der Waals surface area contributed by atoms with Gasteiger partial charge < -0.3 is 15.2 Å². The predicted octanol–water partition coefficient (Wildman–Crippen LogP) is 3.70. The van der Waals surface area contributed by atoms with Gasteiger partial charge in [0, 0.05) is 5.69 Å². The summed E-state index contributed by atoms with van der Waals surface area (Å²) in [5.74, 6) is 1.29. The molecule has 0 fully saturated rings. The summed E-state index contributed by atoms with van der Waals surface area (Å²) in [7, 11) is 1.60. The van der Waals surface area contributed by atoms with Crippen LogP contribution in [0.1, 0.15) is 25.0 Å². The van der Waals surface area contributed by atoms with Gasteiger partial charge in [0.2, 0.25) is 0 Å². The highest BCUT2D eigenvalue weighted by Gasteiger charge is 2.11. The molecule has 2 aromatic carbocycles. The van der Waals surface area contributed by atoms with Crippen molar-refractivity contribution in [2.75, 3.05) is 19.5 Å². The minimum absolute atomic E-state index is 0.0226. The van der Waals surface area contributed by atoms with Crippen molar-refractivity contribution in [3.8, 4) is 11.5 Å². The number of ketones is 1. The molecule has 2 N–H and O–H groups in total. The number of carbonyl (C=O) groups excluding carboxylic acids is 1. The number of methoxy groups -OCH3 is 1. The maximum absolute atomic E-state index is 11.6.